The Kier molecular flexibility index (Phi) is 6.53. The number of rotatable bonds is 6. The molecule has 4 heteroatoms. The van der Waals surface area contributed by atoms with Gasteiger partial charge in [-0.3, -0.25) is 4.79 Å². The predicted octanol–water partition coefficient (Wildman–Crippen LogP) is 4.25. The van der Waals surface area contributed by atoms with Gasteiger partial charge in [0.05, 0.1) is 0 Å². The fourth-order valence-electron chi connectivity index (χ4n) is 1.78. The van der Waals surface area contributed by atoms with Gasteiger partial charge in [0, 0.05) is 10.5 Å². The predicted molar refractivity (Wildman–Crippen MR) is 86.2 cm³/mol. The van der Waals surface area contributed by atoms with Crippen molar-refractivity contribution in [2.45, 2.75) is 59.1 Å². The van der Waals surface area contributed by atoms with Gasteiger partial charge >= 0.3 is 0 Å². The highest BCUT2D eigenvalue weighted by molar-refractivity contribution is 9.10. The molecule has 0 aliphatic heterocycles. The standard InChI is InChI=1S/C16H24BrNO2/c1-6-11(4)18-16(19)12(5)20-15-8-7-13(17)9-14(15)10(2)3/h7-12H,6H2,1-5H3,(H,18,19). The molecule has 0 radical (unpaired) electrons. The van der Waals surface area contributed by atoms with Gasteiger partial charge in [0.1, 0.15) is 5.75 Å². The number of carbonyl (C=O) groups is 1. The van der Waals surface area contributed by atoms with Crippen molar-refractivity contribution in [2.75, 3.05) is 0 Å². The quantitative estimate of drug-likeness (QED) is 0.839. The van der Waals surface area contributed by atoms with Crippen molar-refractivity contribution < 1.29 is 9.53 Å². The Hall–Kier alpha value is -1.03. The smallest absolute Gasteiger partial charge is 0.260 e. The lowest BCUT2D eigenvalue weighted by molar-refractivity contribution is -0.127. The van der Waals surface area contributed by atoms with E-state index in [0.717, 1.165) is 22.2 Å². The summed E-state index contributed by atoms with van der Waals surface area (Å²) >= 11 is 3.47. The SMILES string of the molecule is CCC(C)NC(=O)C(C)Oc1ccc(Br)cc1C(C)C. The highest BCUT2D eigenvalue weighted by Gasteiger charge is 2.18. The lowest BCUT2D eigenvalue weighted by Gasteiger charge is -2.20. The number of hydrogen-bond donors (Lipinski definition) is 1. The first-order valence-electron chi connectivity index (χ1n) is 7.11. The first-order chi connectivity index (χ1) is 9.35. The molecular formula is C16H24BrNO2. The number of hydrogen-bond acceptors (Lipinski definition) is 2. The number of amides is 1. The number of ether oxygens (including phenoxy) is 1. The van der Waals surface area contributed by atoms with Crippen LogP contribution in [0.5, 0.6) is 5.75 Å². The Morgan fingerprint density at radius 1 is 1.30 bits per heavy atom. The normalized spacial score (nSPS) is 13.9. The minimum Gasteiger partial charge on any atom is -0.481 e. The molecule has 0 fully saturated rings. The first kappa shape index (κ1) is 17.0. The lowest BCUT2D eigenvalue weighted by Crippen LogP contribution is -2.41. The fraction of sp³-hybridized carbons (Fsp3) is 0.562. The molecule has 1 aromatic carbocycles. The molecule has 2 unspecified atom stereocenters. The summed E-state index contributed by atoms with van der Waals surface area (Å²) in [6, 6.07) is 6.05. The van der Waals surface area contributed by atoms with Crippen LogP contribution in [-0.4, -0.2) is 18.1 Å². The molecule has 2 atom stereocenters. The molecular weight excluding hydrogens is 318 g/mol. The van der Waals surface area contributed by atoms with Crippen molar-refractivity contribution in [1.29, 1.82) is 0 Å². The van der Waals surface area contributed by atoms with E-state index in [9.17, 15) is 4.79 Å². The minimum absolute atomic E-state index is 0.0722. The second kappa shape index (κ2) is 7.67. The first-order valence-corrected chi connectivity index (χ1v) is 7.90. The zero-order chi connectivity index (χ0) is 15.3. The van der Waals surface area contributed by atoms with Crippen LogP contribution in [0.15, 0.2) is 22.7 Å². The molecule has 0 saturated carbocycles. The molecule has 0 aromatic heterocycles. The highest BCUT2D eigenvalue weighted by atomic mass is 79.9. The third-order valence-electron chi connectivity index (χ3n) is 3.27. The Morgan fingerprint density at radius 2 is 1.95 bits per heavy atom. The molecule has 0 heterocycles. The van der Waals surface area contributed by atoms with Crippen LogP contribution in [0.1, 0.15) is 52.5 Å². The monoisotopic (exact) mass is 341 g/mol. The summed E-state index contributed by atoms with van der Waals surface area (Å²) in [5.41, 5.74) is 1.10. The second-order valence-electron chi connectivity index (χ2n) is 5.41. The Balaban J connectivity index is 2.80. The summed E-state index contributed by atoms with van der Waals surface area (Å²) in [4.78, 5) is 12.0. The van der Waals surface area contributed by atoms with Gasteiger partial charge in [-0.2, -0.15) is 0 Å². The topological polar surface area (TPSA) is 38.3 Å². The third-order valence-corrected chi connectivity index (χ3v) is 3.76. The van der Waals surface area contributed by atoms with Crippen LogP contribution < -0.4 is 10.1 Å². The Labute approximate surface area is 130 Å². The van der Waals surface area contributed by atoms with E-state index in [-0.39, 0.29) is 11.9 Å². The molecule has 0 saturated heterocycles. The van der Waals surface area contributed by atoms with Crippen LogP contribution in [-0.2, 0) is 4.79 Å². The maximum atomic E-state index is 12.0. The van der Waals surface area contributed by atoms with Crippen LogP contribution in [0.2, 0.25) is 0 Å². The van der Waals surface area contributed by atoms with Gasteiger partial charge < -0.3 is 10.1 Å². The minimum atomic E-state index is -0.498. The molecule has 3 nitrogen and oxygen atoms in total. The van der Waals surface area contributed by atoms with E-state index in [1.807, 2.05) is 32.0 Å². The molecule has 1 aromatic rings. The van der Waals surface area contributed by atoms with E-state index in [0.29, 0.717) is 5.92 Å². The molecule has 0 aliphatic carbocycles. The van der Waals surface area contributed by atoms with E-state index in [4.69, 9.17) is 4.74 Å². The molecule has 1 amide bonds. The van der Waals surface area contributed by atoms with E-state index in [2.05, 4.69) is 35.1 Å². The van der Waals surface area contributed by atoms with Crippen LogP contribution in [0.4, 0.5) is 0 Å². The van der Waals surface area contributed by atoms with Gasteiger partial charge in [0.25, 0.3) is 5.91 Å². The third kappa shape index (κ3) is 4.82. The van der Waals surface area contributed by atoms with Crippen LogP contribution in [0.25, 0.3) is 0 Å². The van der Waals surface area contributed by atoms with E-state index < -0.39 is 6.10 Å². The van der Waals surface area contributed by atoms with Crippen molar-refractivity contribution in [1.82, 2.24) is 5.32 Å². The molecule has 0 aliphatic rings. The lowest BCUT2D eigenvalue weighted by atomic mass is 10.0. The Bertz CT molecular complexity index is 460. The van der Waals surface area contributed by atoms with Crippen molar-refractivity contribution in [3.63, 3.8) is 0 Å². The van der Waals surface area contributed by atoms with E-state index >= 15 is 0 Å². The molecule has 1 N–H and O–H groups in total. The van der Waals surface area contributed by atoms with Crippen molar-refractivity contribution in [3.05, 3.63) is 28.2 Å². The number of nitrogens with one attached hydrogen (secondary N) is 1. The van der Waals surface area contributed by atoms with Gasteiger partial charge in [-0.05, 0) is 49.9 Å². The zero-order valence-electron chi connectivity index (χ0n) is 12.9. The second-order valence-corrected chi connectivity index (χ2v) is 6.33. The highest BCUT2D eigenvalue weighted by Crippen LogP contribution is 2.30. The zero-order valence-corrected chi connectivity index (χ0v) is 14.5. The van der Waals surface area contributed by atoms with Crippen molar-refractivity contribution in [3.8, 4) is 5.75 Å². The van der Waals surface area contributed by atoms with E-state index in [1.54, 1.807) is 6.92 Å². The summed E-state index contributed by atoms with van der Waals surface area (Å²) in [5, 5.41) is 2.94. The van der Waals surface area contributed by atoms with Gasteiger partial charge in [0.2, 0.25) is 0 Å². The van der Waals surface area contributed by atoms with Gasteiger partial charge in [-0.25, -0.2) is 0 Å². The van der Waals surface area contributed by atoms with Crippen LogP contribution in [0.3, 0.4) is 0 Å². The van der Waals surface area contributed by atoms with Crippen LogP contribution in [0, 0.1) is 0 Å². The molecule has 112 valence electrons. The molecule has 1 rings (SSSR count). The summed E-state index contributed by atoms with van der Waals surface area (Å²) in [7, 11) is 0. The van der Waals surface area contributed by atoms with Crippen molar-refractivity contribution >= 4 is 21.8 Å². The fourth-order valence-corrected chi connectivity index (χ4v) is 2.16. The van der Waals surface area contributed by atoms with Gasteiger partial charge in [-0.15, -0.1) is 0 Å². The van der Waals surface area contributed by atoms with E-state index in [1.165, 1.54) is 0 Å². The summed E-state index contributed by atoms with van der Waals surface area (Å²) in [6.07, 6.45) is 0.413. The van der Waals surface area contributed by atoms with Gasteiger partial charge in [0.15, 0.2) is 6.10 Å². The average molecular weight is 342 g/mol. The maximum absolute atomic E-state index is 12.0. The summed E-state index contributed by atoms with van der Waals surface area (Å²) in [5.74, 6) is 1.04. The maximum Gasteiger partial charge on any atom is 0.260 e. The van der Waals surface area contributed by atoms with Gasteiger partial charge in [-0.1, -0.05) is 36.7 Å². The number of halogens is 1. The summed E-state index contributed by atoms with van der Waals surface area (Å²) < 4.78 is 6.85. The summed E-state index contributed by atoms with van der Waals surface area (Å²) in [6.45, 7) is 10.0. The molecule has 0 spiro atoms. The number of carbonyl (C=O) groups excluding carboxylic acids is 1. The number of benzene rings is 1. The average Bonchev–Trinajstić information content (AvgIpc) is 2.40. The molecule has 0 bridgehead atoms. The largest absolute Gasteiger partial charge is 0.481 e. The molecule has 20 heavy (non-hydrogen) atoms. The van der Waals surface area contributed by atoms with Crippen molar-refractivity contribution in [2.24, 2.45) is 0 Å². The van der Waals surface area contributed by atoms with Crippen LogP contribution >= 0.6 is 15.9 Å². The Morgan fingerprint density at radius 3 is 2.50 bits per heavy atom.